The van der Waals surface area contributed by atoms with Gasteiger partial charge in [-0.2, -0.15) is 0 Å². The molecule has 3 aromatic carbocycles. The van der Waals surface area contributed by atoms with Gasteiger partial charge in [0.15, 0.2) is 0 Å². The largest absolute Gasteiger partial charge is 0.489 e. The van der Waals surface area contributed by atoms with E-state index in [1.54, 1.807) is 4.90 Å². The molecule has 2 saturated heterocycles. The molecule has 50 heavy (non-hydrogen) atoms. The standard InChI is InChI=1S/C39H48F2N4O5/c1-4-25(2)39(44-26(3)46)17-18-45(38(39)49)35(16-15-27-11-7-5-8-12-27)37(48)43-34(21-28-19-29(40)22-30(41)20-28)36(47)33-23-32(24-42-33)50-31-13-9-6-10-14-31/h5-14,19-20,22,25,32-36,42,47H,4,15-18,21,23-24H2,1-3H3,(H,43,48)(H,44,46)/t25-,32-,33+,34-,35-,36+,39-/m0/s1. The zero-order valence-corrected chi connectivity index (χ0v) is 28.9. The molecule has 2 heterocycles. The Balaban J connectivity index is 1.41. The molecule has 11 heteroatoms. The number of carbonyl (C=O) groups excluding carboxylic acids is 3. The second kappa shape index (κ2) is 16.6. The van der Waals surface area contributed by atoms with Gasteiger partial charge in [0.1, 0.15) is 35.1 Å². The number of aliphatic hydroxyl groups is 1. The summed E-state index contributed by atoms with van der Waals surface area (Å²) >= 11 is 0. The van der Waals surface area contributed by atoms with Gasteiger partial charge in [0.25, 0.3) is 0 Å². The molecule has 4 N–H and O–H groups in total. The third-order valence-electron chi connectivity index (χ3n) is 10.2. The first-order valence-corrected chi connectivity index (χ1v) is 17.5. The number of rotatable bonds is 15. The van der Waals surface area contributed by atoms with Gasteiger partial charge in [-0.1, -0.05) is 68.8 Å². The molecular formula is C39H48F2N4O5. The molecule has 0 aromatic heterocycles. The molecule has 0 saturated carbocycles. The van der Waals surface area contributed by atoms with Gasteiger partial charge in [-0.15, -0.1) is 0 Å². The second-order valence-corrected chi connectivity index (χ2v) is 13.6. The van der Waals surface area contributed by atoms with Crippen molar-refractivity contribution in [1.82, 2.24) is 20.9 Å². The van der Waals surface area contributed by atoms with E-state index in [4.69, 9.17) is 4.74 Å². The third-order valence-corrected chi connectivity index (χ3v) is 10.2. The summed E-state index contributed by atoms with van der Waals surface area (Å²) in [7, 11) is 0. The number of hydrogen-bond acceptors (Lipinski definition) is 6. The number of aryl methyl sites for hydroxylation is 1. The molecule has 2 aliphatic heterocycles. The average molecular weight is 691 g/mol. The van der Waals surface area contributed by atoms with Crippen molar-refractivity contribution in [3.63, 3.8) is 0 Å². The molecule has 3 amide bonds. The van der Waals surface area contributed by atoms with Crippen LogP contribution in [-0.4, -0.2) is 76.7 Å². The Labute approximate surface area is 292 Å². The van der Waals surface area contributed by atoms with Crippen molar-refractivity contribution in [2.75, 3.05) is 13.1 Å². The Morgan fingerprint density at radius 1 is 1.04 bits per heavy atom. The molecule has 2 fully saturated rings. The lowest BCUT2D eigenvalue weighted by Crippen LogP contribution is -2.61. The molecule has 0 unspecified atom stereocenters. The number of carbonyl (C=O) groups is 3. The summed E-state index contributed by atoms with van der Waals surface area (Å²) in [6.07, 6.45) is 0.707. The quantitative estimate of drug-likeness (QED) is 0.189. The Morgan fingerprint density at radius 2 is 1.70 bits per heavy atom. The lowest BCUT2D eigenvalue weighted by atomic mass is 9.81. The maximum Gasteiger partial charge on any atom is 0.249 e. The zero-order chi connectivity index (χ0) is 35.8. The van der Waals surface area contributed by atoms with Gasteiger partial charge in [-0.3, -0.25) is 14.4 Å². The predicted molar refractivity (Wildman–Crippen MR) is 186 cm³/mol. The Hall–Kier alpha value is -4.35. The number of nitrogens with one attached hydrogen (secondary N) is 3. The summed E-state index contributed by atoms with van der Waals surface area (Å²) in [6.45, 7) is 5.96. The maximum atomic E-state index is 14.4. The predicted octanol–water partition coefficient (Wildman–Crippen LogP) is 4.32. The van der Waals surface area contributed by atoms with E-state index in [1.807, 2.05) is 74.5 Å². The normalized spacial score (nSPS) is 22.8. The Morgan fingerprint density at radius 3 is 2.34 bits per heavy atom. The number of hydrogen-bond donors (Lipinski definition) is 4. The van der Waals surface area contributed by atoms with Crippen LogP contribution < -0.4 is 20.7 Å². The van der Waals surface area contributed by atoms with Gasteiger partial charge >= 0.3 is 0 Å². The fourth-order valence-electron chi connectivity index (χ4n) is 7.37. The first-order valence-electron chi connectivity index (χ1n) is 17.5. The van der Waals surface area contributed by atoms with E-state index in [2.05, 4.69) is 16.0 Å². The van der Waals surface area contributed by atoms with Crippen LogP contribution in [0.3, 0.4) is 0 Å². The number of halogens is 2. The van der Waals surface area contributed by atoms with E-state index < -0.39 is 47.3 Å². The molecule has 0 radical (unpaired) electrons. The van der Waals surface area contributed by atoms with Crippen LogP contribution in [0.2, 0.25) is 0 Å². The molecule has 5 rings (SSSR count). The number of para-hydroxylation sites is 1. The van der Waals surface area contributed by atoms with Crippen molar-refractivity contribution in [2.45, 2.75) is 95.2 Å². The van der Waals surface area contributed by atoms with Gasteiger partial charge in [0.05, 0.1) is 12.1 Å². The molecule has 9 nitrogen and oxygen atoms in total. The highest BCUT2D eigenvalue weighted by atomic mass is 19.1. The van der Waals surface area contributed by atoms with Crippen molar-refractivity contribution >= 4 is 17.7 Å². The number of amides is 3. The summed E-state index contributed by atoms with van der Waals surface area (Å²) in [5, 5.41) is 21.0. The van der Waals surface area contributed by atoms with Gasteiger partial charge < -0.3 is 30.7 Å². The van der Waals surface area contributed by atoms with Gasteiger partial charge in [0, 0.05) is 38.5 Å². The van der Waals surface area contributed by atoms with Crippen LogP contribution in [-0.2, 0) is 27.2 Å². The maximum absolute atomic E-state index is 14.4. The topological polar surface area (TPSA) is 120 Å². The number of benzene rings is 3. The highest BCUT2D eigenvalue weighted by Crippen LogP contribution is 2.35. The molecule has 0 bridgehead atoms. The summed E-state index contributed by atoms with van der Waals surface area (Å²) in [5.74, 6) is -2.16. The second-order valence-electron chi connectivity index (χ2n) is 13.6. The molecule has 268 valence electrons. The number of aliphatic hydroxyl groups excluding tert-OH is 1. The zero-order valence-electron chi connectivity index (χ0n) is 28.9. The summed E-state index contributed by atoms with van der Waals surface area (Å²) < 4.78 is 34.7. The van der Waals surface area contributed by atoms with Crippen LogP contribution in [0.5, 0.6) is 5.75 Å². The lowest BCUT2D eigenvalue weighted by molar-refractivity contribution is -0.144. The lowest BCUT2D eigenvalue weighted by Gasteiger charge is -2.36. The van der Waals surface area contributed by atoms with Gasteiger partial charge in [0.2, 0.25) is 17.7 Å². The summed E-state index contributed by atoms with van der Waals surface area (Å²) in [4.78, 5) is 42.6. The summed E-state index contributed by atoms with van der Waals surface area (Å²) in [5.41, 5.74) is 0.102. The summed E-state index contributed by atoms with van der Waals surface area (Å²) in [6, 6.07) is 19.7. The van der Waals surface area contributed by atoms with Crippen LogP contribution >= 0.6 is 0 Å². The Kier molecular flexibility index (Phi) is 12.2. The van der Waals surface area contributed by atoms with E-state index >= 15 is 0 Å². The highest BCUT2D eigenvalue weighted by molar-refractivity contribution is 5.96. The third kappa shape index (κ3) is 8.86. The van der Waals surface area contributed by atoms with Crippen molar-refractivity contribution in [1.29, 1.82) is 0 Å². The molecular weight excluding hydrogens is 642 g/mol. The van der Waals surface area contributed by atoms with E-state index in [-0.39, 0.29) is 48.8 Å². The van der Waals surface area contributed by atoms with Gasteiger partial charge in [-0.25, -0.2) is 8.78 Å². The van der Waals surface area contributed by atoms with E-state index in [1.165, 1.54) is 19.1 Å². The fraction of sp³-hybridized carbons (Fsp3) is 0.462. The van der Waals surface area contributed by atoms with Crippen molar-refractivity contribution in [2.24, 2.45) is 5.92 Å². The van der Waals surface area contributed by atoms with Crippen LogP contribution in [0.15, 0.2) is 78.9 Å². The smallest absolute Gasteiger partial charge is 0.249 e. The minimum atomic E-state index is -1.17. The molecule has 0 spiro atoms. The minimum Gasteiger partial charge on any atom is -0.489 e. The van der Waals surface area contributed by atoms with E-state index in [9.17, 15) is 28.3 Å². The number of likely N-dealkylation sites (tertiary alicyclic amines) is 1. The molecule has 7 atom stereocenters. The van der Waals surface area contributed by atoms with Crippen molar-refractivity contribution < 1.29 is 33.0 Å². The SMILES string of the molecule is CC[C@H](C)[C@@]1(NC(C)=O)CCN([C@@H](CCc2ccccc2)C(=O)N[C@@H](Cc2cc(F)cc(F)c2)[C@H](O)[C@H]2C[C@H](Oc3ccccc3)CN2)C1=O. The van der Waals surface area contributed by atoms with E-state index in [0.717, 1.165) is 11.6 Å². The average Bonchev–Trinajstić information content (AvgIpc) is 3.68. The van der Waals surface area contributed by atoms with Crippen LogP contribution in [0.4, 0.5) is 8.78 Å². The van der Waals surface area contributed by atoms with Crippen LogP contribution in [0.25, 0.3) is 0 Å². The Bertz CT molecular complexity index is 1590. The number of nitrogens with zero attached hydrogens (tertiary/aromatic N) is 1. The molecule has 2 aliphatic rings. The van der Waals surface area contributed by atoms with Gasteiger partial charge in [-0.05, 0) is 67.0 Å². The van der Waals surface area contributed by atoms with E-state index in [0.29, 0.717) is 38.0 Å². The number of ether oxygens (including phenoxy) is 1. The highest BCUT2D eigenvalue weighted by Gasteiger charge is 2.53. The van der Waals surface area contributed by atoms with Crippen molar-refractivity contribution in [3.05, 3.63) is 102 Å². The minimum absolute atomic E-state index is 0.0635. The van der Waals surface area contributed by atoms with Crippen LogP contribution in [0.1, 0.15) is 57.6 Å². The molecule has 3 aromatic rings. The fourth-order valence-corrected chi connectivity index (χ4v) is 7.37. The molecule has 0 aliphatic carbocycles. The first kappa shape index (κ1) is 36.9. The van der Waals surface area contributed by atoms with Crippen molar-refractivity contribution in [3.8, 4) is 5.75 Å². The van der Waals surface area contributed by atoms with Crippen LogP contribution in [0, 0.1) is 17.6 Å². The first-order chi connectivity index (χ1) is 24.0. The monoisotopic (exact) mass is 690 g/mol.